The fourth-order valence-corrected chi connectivity index (χ4v) is 4.97. The summed E-state index contributed by atoms with van der Waals surface area (Å²) in [5.41, 5.74) is 0.559. The van der Waals surface area contributed by atoms with E-state index in [2.05, 4.69) is 6.92 Å². The molecule has 0 amide bonds. The molecule has 0 aromatic heterocycles. The van der Waals surface area contributed by atoms with E-state index in [1.165, 1.54) is 38.5 Å². The van der Waals surface area contributed by atoms with Gasteiger partial charge in [0.1, 0.15) is 0 Å². The van der Waals surface area contributed by atoms with Gasteiger partial charge >= 0.3 is 0 Å². The van der Waals surface area contributed by atoms with Gasteiger partial charge in [-0.1, -0.05) is 6.92 Å². The smallest absolute Gasteiger partial charge is 0.0461 e. The van der Waals surface area contributed by atoms with Gasteiger partial charge in [0.15, 0.2) is 0 Å². The summed E-state index contributed by atoms with van der Waals surface area (Å²) in [6.07, 6.45) is 8.83. The summed E-state index contributed by atoms with van der Waals surface area (Å²) in [5.74, 6) is 3.62. The van der Waals surface area contributed by atoms with Gasteiger partial charge in [-0.15, -0.1) is 0 Å². The number of aliphatic hydroxyl groups excluding tert-OH is 1. The van der Waals surface area contributed by atoms with Crippen molar-refractivity contribution in [2.45, 2.75) is 45.4 Å². The lowest BCUT2D eigenvalue weighted by molar-refractivity contribution is -0.0930. The first kappa shape index (κ1) is 9.21. The Kier molecular flexibility index (Phi) is 1.96. The number of rotatable bonds is 2. The van der Waals surface area contributed by atoms with Crippen molar-refractivity contribution >= 4 is 0 Å². The third-order valence-electron chi connectivity index (χ3n) is 5.40. The fourth-order valence-electron chi connectivity index (χ4n) is 4.97. The van der Waals surface area contributed by atoms with Gasteiger partial charge in [-0.3, -0.25) is 0 Å². The van der Waals surface area contributed by atoms with Crippen LogP contribution in [0.1, 0.15) is 45.4 Å². The van der Waals surface area contributed by atoms with Crippen LogP contribution in [0.5, 0.6) is 0 Å². The van der Waals surface area contributed by atoms with Gasteiger partial charge < -0.3 is 5.11 Å². The van der Waals surface area contributed by atoms with Crippen molar-refractivity contribution in [3.8, 4) is 0 Å². The molecule has 0 radical (unpaired) electrons. The van der Waals surface area contributed by atoms with Crippen molar-refractivity contribution in [1.82, 2.24) is 0 Å². The highest BCUT2D eigenvalue weighted by atomic mass is 16.3. The molecule has 1 atom stereocenters. The Bertz CT molecular complexity index is 198. The van der Waals surface area contributed by atoms with Crippen LogP contribution in [0.15, 0.2) is 0 Å². The summed E-state index contributed by atoms with van der Waals surface area (Å²) in [6, 6.07) is 0. The molecule has 4 aliphatic rings. The lowest BCUT2D eigenvalue weighted by Gasteiger charge is -2.59. The van der Waals surface area contributed by atoms with Gasteiger partial charge in [0.2, 0.25) is 0 Å². The van der Waals surface area contributed by atoms with Crippen LogP contribution in [0.4, 0.5) is 0 Å². The van der Waals surface area contributed by atoms with Gasteiger partial charge in [0.25, 0.3) is 0 Å². The Morgan fingerprint density at radius 3 is 1.86 bits per heavy atom. The Hall–Kier alpha value is -0.0400. The molecule has 4 bridgehead atoms. The minimum absolute atomic E-state index is 0.409. The summed E-state index contributed by atoms with van der Waals surface area (Å²) in [7, 11) is 0. The molecule has 14 heavy (non-hydrogen) atoms. The molecule has 4 aliphatic carbocycles. The third-order valence-corrected chi connectivity index (χ3v) is 5.40. The maximum absolute atomic E-state index is 9.39. The van der Waals surface area contributed by atoms with Crippen LogP contribution < -0.4 is 0 Å². The Morgan fingerprint density at radius 1 is 1.07 bits per heavy atom. The molecule has 1 nitrogen and oxygen atoms in total. The molecule has 0 aromatic carbocycles. The van der Waals surface area contributed by atoms with Crippen molar-refractivity contribution < 1.29 is 5.11 Å². The standard InChI is InChI=1S/C13H22O/c1-9(8-14)13-5-10-2-11(6-13)4-12(3-10)7-13/h9-12,14H,2-8H2,1H3/t9-,10?,11?,12?,13?/m0/s1. The second-order valence-electron chi connectivity index (χ2n) is 6.36. The summed E-state index contributed by atoms with van der Waals surface area (Å²) in [6.45, 7) is 2.68. The quantitative estimate of drug-likeness (QED) is 0.716. The first-order chi connectivity index (χ1) is 6.72. The molecule has 1 heteroatoms. The predicted molar refractivity (Wildman–Crippen MR) is 56.9 cm³/mol. The van der Waals surface area contributed by atoms with Crippen molar-refractivity contribution in [2.24, 2.45) is 29.1 Å². The van der Waals surface area contributed by atoms with Crippen LogP contribution in [-0.2, 0) is 0 Å². The first-order valence-corrected chi connectivity index (χ1v) is 6.33. The van der Waals surface area contributed by atoms with E-state index in [9.17, 15) is 5.11 Å². The first-order valence-electron chi connectivity index (χ1n) is 6.33. The van der Waals surface area contributed by atoms with E-state index >= 15 is 0 Å². The molecule has 4 fully saturated rings. The minimum Gasteiger partial charge on any atom is -0.396 e. The fraction of sp³-hybridized carbons (Fsp3) is 1.00. The van der Waals surface area contributed by atoms with Crippen LogP contribution in [0.3, 0.4) is 0 Å². The van der Waals surface area contributed by atoms with Crippen molar-refractivity contribution in [3.05, 3.63) is 0 Å². The maximum atomic E-state index is 9.39. The zero-order chi connectivity index (χ0) is 9.76. The molecule has 0 saturated heterocycles. The van der Waals surface area contributed by atoms with Gasteiger partial charge in [-0.25, -0.2) is 0 Å². The Morgan fingerprint density at radius 2 is 1.50 bits per heavy atom. The second kappa shape index (κ2) is 2.98. The molecular weight excluding hydrogens is 172 g/mol. The molecule has 1 N–H and O–H groups in total. The van der Waals surface area contributed by atoms with E-state index in [4.69, 9.17) is 0 Å². The van der Waals surface area contributed by atoms with E-state index in [-0.39, 0.29) is 0 Å². The Labute approximate surface area is 86.9 Å². The predicted octanol–water partition coefficient (Wildman–Crippen LogP) is 2.83. The monoisotopic (exact) mass is 194 g/mol. The lowest BCUT2D eigenvalue weighted by atomic mass is 9.47. The highest BCUT2D eigenvalue weighted by Gasteiger charge is 2.52. The number of hydrogen-bond acceptors (Lipinski definition) is 1. The molecule has 0 heterocycles. The van der Waals surface area contributed by atoms with Crippen LogP contribution >= 0.6 is 0 Å². The maximum Gasteiger partial charge on any atom is 0.0461 e. The molecule has 80 valence electrons. The molecular formula is C13H22O. The van der Waals surface area contributed by atoms with E-state index in [0.29, 0.717) is 17.9 Å². The van der Waals surface area contributed by atoms with Crippen LogP contribution in [0.2, 0.25) is 0 Å². The van der Waals surface area contributed by atoms with Gasteiger partial charge in [-0.05, 0) is 67.6 Å². The van der Waals surface area contributed by atoms with Crippen LogP contribution in [-0.4, -0.2) is 11.7 Å². The van der Waals surface area contributed by atoms with E-state index in [1.807, 2.05) is 0 Å². The van der Waals surface area contributed by atoms with Crippen molar-refractivity contribution in [2.75, 3.05) is 6.61 Å². The van der Waals surface area contributed by atoms with Gasteiger partial charge in [-0.2, -0.15) is 0 Å². The van der Waals surface area contributed by atoms with E-state index in [0.717, 1.165) is 17.8 Å². The average molecular weight is 194 g/mol. The van der Waals surface area contributed by atoms with Crippen LogP contribution in [0.25, 0.3) is 0 Å². The van der Waals surface area contributed by atoms with E-state index in [1.54, 1.807) is 0 Å². The van der Waals surface area contributed by atoms with Gasteiger partial charge in [0.05, 0.1) is 0 Å². The zero-order valence-electron chi connectivity index (χ0n) is 9.21. The highest BCUT2D eigenvalue weighted by Crippen LogP contribution is 2.62. The lowest BCUT2D eigenvalue weighted by Crippen LogP contribution is -2.49. The highest BCUT2D eigenvalue weighted by molar-refractivity contribution is 5.03. The average Bonchev–Trinajstić information content (AvgIpc) is 2.14. The molecule has 0 spiro atoms. The summed E-state index contributed by atoms with van der Waals surface area (Å²) < 4.78 is 0. The molecule has 0 aromatic rings. The summed E-state index contributed by atoms with van der Waals surface area (Å²) in [4.78, 5) is 0. The number of aliphatic hydroxyl groups is 1. The normalized spacial score (nSPS) is 52.3. The SMILES string of the molecule is C[C@@H](CO)C12CC3CC(CC(C3)C1)C2. The Balaban J connectivity index is 1.87. The zero-order valence-corrected chi connectivity index (χ0v) is 9.21. The topological polar surface area (TPSA) is 20.2 Å². The summed E-state index contributed by atoms with van der Waals surface area (Å²) >= 11 is 0. The molecule has 0 unspecified atom stereocenters. The molecule has 4 saturated carbocycles. The molecule has 4 rings (SSSR count). The summed E-state index contributed by atoms with van der Waals surface area (Å²) in [5, 5.41) is 9.39. The van der Waals surface area contributed by atoms with Gasteiger partial charge in [0, 0.05) is 6.61 Å². The molecule has 0 aliphatic heterocycles. The number of hydrogen-bond donors (Lipinski definition) is 1. The van der Waals surface area contributed by atoms with Crippen molar-refractivity contribution in [3.63, 3.8) is 0 Å². The largest absolute Gasteiger partial charge is 0.396 e. The van der Waals surface area contributed by atoms with Crippen molar-refractivity contribution in [1.29, 1.82) is 0 Å². The van der Waals surface area contributed by atoms with Crippen LogP contribution in [0, 0.1) is 29.1 Å². The third kappa shape index (κ3) is 1.18. The minimum atomic E-state index is 0.409. The van der Waals surface area contributed by atoms with E-state index < -0.39 is 0 Å². The second-order valence-corrected chi connectivity index (χ2v) is 6.36.